The molecule has 1 aliphatic rings. The summed E-state index contributed by atoms with van der Waals surface area (Å²) in [5.41, 5.74) is 3.11. The lowest BCUT2D eigenvalue weighted by atomic mass is 10.1. The molecule has 0 atom stereocenters. The lowest BCUT2D eigenvalue weighted by Crippen LogP contribution is -2.25. The maximum Gasteiger partial charge on any atom is 0.358 e. The van der Waals surface area contributed by atoms with Crippen LogP contribution < -0.4 is 5.32 Å². The second-order valence-corrected chi connectivity index (χ2v) is 7.29. The number of nitrogens with zero attached hydrogens (tertiary/aromatic N) is 2. The van der Waals surface area contributed by atoms with Crippen molar-refractivity contribution in [1.29, 1.82) is 0 Å². The minimum atomic E-state index is -0.484. The lowest BCUT2D eigenvalue weighted by Gasteiger charge is -2.09. The average molecular weight is 410 g/mol. The van der Waals surface area contributed by atoms with Crippen LogP contribution in [0.2, 0.25) is 5.02 Å². The van der Waals surface area contributed by atoms with E-state index >= 15 is 0 Å². The Morgan fingerprint density at radius 3 is 2.45 bits per heavy atom. The van der Waals surface area contributed by atoms with Gasteiger partial charge in [0.05, 0.1) is 18.0 Å². The van der Waals surface area contributed by atoms with E-state index in [2.05, 4.69) is 10.4 Å². The number of nitrogens with one attached hydrogen (secondary N) is 1. The van der Waals surface area contributed by atoms with Crippen LogP contribution in [0.1, 0.15) is 40.6 Å². The third-order valence-corrected chi connectivity index (χ3v) is 4.87. The van der Waals surface area contributed by atoms with E-state index < -0.39 is 5.97 Å². The molecular weight excluding hydrogens is 390 g/mol. The molecule has 0 unspecified atom stereocenters. The third-order valence-electron chi connectivity index (χ3n) is 4.62. The van der Waals surface area contributed by atoms with Gasteiger partial charge in [0.25, 0.3) is 5.91 Å². The van der Waals surface area contributed by atoms with Gasteiger partial charge in [-0.3, -0.25) is 4.79 Å². The van der Waals surface area contributed by atoms with Gasteiger partial charge in [0, 0.05) is 22.2 Å². The third kappa shape index (κ3) is 4.32. The molecule has 3 aromatic rings. The highest BCUT2D eigenvalue weighted by atomic mass is 35.5. The van der Waals surface area contributed by atoms with Crippen molar-refractivity contribution in [3.63, 3.8) is 0 Å². The van der Waals surface area contributed by atoms with E-state index in [4.69, 9.17) is 16.3 Å². The van der Waals surface area contributed by atoms with Crippen molar-refractivity contribution in [3.8, 4) is 16.9 Å². The van der Waals surface area contributed by atoms with Crippen molar-refractivity contribution >= 4 is 23.5 Å². The maximum absolute atomic E-state index is 12.2. The first kappa shape index (κ1) is 19.2. The molecular formula is C22H20ClN3O3. The summed E-state index contributed by atoms with van der Waals surface area (Å²) in [4.78, 5) is 24.4. The Hall–Kier alpha value is -3.12. The van der Waals surface area contributed by atoms with Crippen LogP contribution in [0.3, 0.4) is 0 Å². The zero-order valence-corrected chi connectivity index (χ0v) is 16.6. The number of ether oxygens (including phenoxy) is 1. The predicted molar refractivity (Wildman–Crippen MR) is 110 cm³/mol. The number of esters is 1. The second kappa shape index (κ2) is 8.09. The zero-order valence-electron chi connectivity index (χ0n) is 15.9. The molecule has 1 fully saturated rings. The molecule has 0 aliphatic heterocycles. The molecule has 2 aromatic carbocycles. The van der Waals surface area contributed by atoms with Crippen molar-refractivity contribution in [1.82, 2.24) is 15.1 Å². The molecule has 1 saturated carbocycles. The van der Waals surface area contributed by atoms with Gasteiger partial charge in [-0.15, -0.1) is 0 Å². The molecule has 29 heavy (non-hydrogen) atoms. The fourth-order valence-electron chi connectivity index (χ4n) is 2.96. The number of aromatic nitrogens is 2. The summed E-state index contributed by atoms with van der Waals surface area (Å²) in [6, 6.07) is 16.4. The van der Waals surface area contributed by atoms with Crippen molar-refractivity contribution in [2.45, 2.75) is 25.8 Å². The highest BCUT2D eigenvalue weighted by molar-refractivity contribution is 6.30. The van der Waals surface area contributed by atoms with Gasteiger partial charge in [0.2, 0.25) is 0 Å². The first-order valence-electron chi connectivity index (χ1n) is 9.49. The molecule has 0 bridgehead atoms. The van der Waals surface area contributed by atoms with Crippen molar-refractivity contribution in [3.05, 3.63) is 70.9 Å². The number of benzene rings is 2. The minimum absolute atomic E-state index is 0.0790. The molecule has 1 amide bonds. The standard InChI is InChI=1S/C22H20ClN3O3/c1-2-29-22(28)19-13-20(14-3-7-16(23)8-4-14)26(25-19)18-11-5-15(6-12-18)21(27)24-17-9-10-17/h3-8,11-13,17H,2,9-10H2,1H3,(H,24,27). The number of hydrogen-bond acceptors (Lipinski definition) is 4. The number of carbonyl (C=O) groups is 2. The summed E-state index contributed by atoms with van der Waals surface area (Å²) >= 11 is 6.01. The number of rotatable bonds is 6. The van der Waals surface area contributed by atoms with Crippen molar-refractivity contribution in [2.24, 2.45) is 0 Å². The summed E-state index contributed by atoms with van der Waals surface area (Å²) < 4.78 is 6.76. The van der Waals surface area contributed by atoms with Gasteiger partial charge in [-0.2, -0.15) is 5.10 Å². The van der Waals surface area contributed by atoms with Gasteiger partial charge in [0.1, 0.15) is 0 Å². The van der Waals surface area contributed by atoms with Crippen LogP contribution in [0.5, 0.6) is 0 Å². The molecule has 6 nitrogen and oxygen atoms in total. The first-order valence-corrected chi connectivity index (χ1v) is 9.87. The lowest BCUT2D eigenvalue weighted by molar-refractivity contribution is 0.0519. The molecule has 1 aliphatic carbocycles. The van der Waals surface area contributed by atoms with Crippen LogP contribution in [0.4, 0.5) is 0 Å². The summed E-state index contributed by atoms with van der Waals surface area (Å²) in [5.74, 6) is -0.563. The smallest absolute Gasteiger partial charge is 0.358 e. The number of amides is 1. The topological polar surface area (TPSA) is 73.2 Å². The Balaban J connectivity index is 1.69. The summed E-state index contributed by atoms with van der Waals surface area (Å²) in [5, 5.41) is 8.03. The average Bonchev–Trinajstić information content (AvgIpc) is 3.43. The van der Waals surface area contributed by atoms with Crippen molar-refractivity contribution in [2.75, 3.05) is 6.61 Å². The zero-order chi connectivity index (χ0) is 20.4. The molecule has 148 valence electrons. The van der Waals surface area contributed by atoms with E-state index in [0.29, 0.717) is 16.6 Å². The summed E-state index contributed by atoms with van der Waals surface area (Å²) in [7, 11) is 0. The Morgan fingerprint density at radius 2 is 1.83 bits per heavy atom. The van der Waals surface area contributed by atoms with Crippen LogP contribution in [-0.4, -0.2) is 34.3 Å². The largest absolute Gasteiger partial charge is 0.461 e. The Morgan fingerprint density at radius 1 is 1.14 bits per heavy atom. The molecule has 1 N–H and O–H groups in total. The maximum atomic E-state index is 12.2. The Bertz CT molecular complexity index is 1040. The molecule has 1 heterocycles. The number of hydrogen-bond donors (Lipinski definition) is 1. The van der Waals surface area contributed by atoms with Gasteiger partial charge < -0.3 is 10.1 Å². The number of carbonyl (C=O) groups excluding carboxylic acids is 2. The molecule has 0 saturated heterocycles. The van der Waals surface area contributed by atoms with Crippen LogP contribution >= 0.6 is 11.6 Å². The van der Waals surface area contributed by atoms with E-state index in [1.165, 1.54) is 0 Å². The minimum Gasteiger partial charge on any atom is -0.461 e. The Labute approximate surface area is 173 Å². The van der Waals surface area contributed by atoms with Gasteiger partial charge in [-0.25, -0.2) is 9.48 Å². The molecule has 4 rings (SSSR count). The number of halogens is 1. The highest BCUT2D eigenvalue weighted by Gasteiger charge is 2.24. The fourth-order valence-corrected chi connectivity index (χ4v) is 3.09. The van der Waals surface area contributed by atoms with Gasteiger partial charge in [-0.05, 0) is 62.2 Å². The monoisotopic (exact) mass is 409 g/mol. The molecule has 7 heteroatoms. The molecule has 1 aromatic heterocycles. The normalized spacial score (nSPS) is 13.2. The van der Waals surface area contributed by atoms with Crippen LogP contribution in [-0.2, 0) is 4.74 Å². The van der Waals surface area contributed by atoms with Crippen LogP contribution in [0.25, 0.3) is 16.9 Å². The van der Waals surface area contributed by atoms with E-state index in [0.717, 1.165) is 29.8 Å². The van der Waals surface area contributed by atoms with Crippen LogP contribution in [0.15, 0.2) is 54.6 Å². The molecule has 0 spiro atoms. The van der Waals surface area contributed by atoms with E-state index in [1.54, 1.807) is 41.9 Å². The fraction of sp³-hybridized carbons (Fsp3) is 0.227. The second-order valence-electron chi connectivity index (χ2n) is 6.85. The highest BCUT2D eigenvalue weighted by Crippen LogP contribution is 2.26. The van der Waals surface area contributed by atoms with Crippen LogP contribution in [0, 0.1) is 0 Å². The van der Waals surface area contributed by atoms with Gasteiger partial charge in [0.15, 0.2) is 5.69 Å². The van der Waals surface area contributed by atoms with Gasteiger partial charge >= 0.3 is 5.97 Å². The SMILES string of the molecule is CCOC(=O)c1cc(-c2ccc(Cl)cc2)n(-c2ccc(C(=O)NC3CC3)cc2)n1. The first-order chi connectivity index (χ1) is 14.0. The quantitative estimate of drug-likeness (QED) is 0.617. The van der Waals surface area contributed by atoms with E-state index in [1.807, 2.05) is 24.3 Å². The Kier molecular flexibility index (Phi) is 5.36. The van der Waals surface area contributed by atoms with E-state index in [-0.39, 0.29) is 18.2 Å². The summed E-state index contributed by atoms with van der Waals surface area (Å²) in [6.45, 7) is 2.02. The van der Waals surface area contributed by atoms with Crippen molar-refractivity contribution < 1.29 is 14.3 Å². The molecule has 0 radical (unpaired) electrons. The predicted octanol–water partition coefficient (Wildman–Crippen LogP) is 4.26. The van der Waals surface area contributed by atoms with E-state index in [9.17, 15) is 9.59 Å². The van der Waals surface area contributed by atoms with Gasteiger partial charge in [-0.1, -0.05) is 23.7 Å². The summed E-state index contributed by atoms with van der Waals surface area (Å²) in [6.07, 6.45) is 2.08.